The monoisotopic (exact) mass is 544 g/mol. The Hall–Kier alpha value is -4.47. The Bertz CT molecular complexity index is 1580. The minimum Gasteiger partial charge on any atom is -0.452 e. The number of esters is 1. The van der Waals surface area contributed by atoms with Crippen molar-refractivity contribution in [2.24, 2.45) is 0 Å². The van der Waals surface area contributed by atoms with E-state index in [0.717, 1.165) is 15.9 Å². The number of ether oxygens (including phenoxy) is 1. The number of fused-ring (bicyclic) bond motifs is 2. The average Bonchev–Trinajstić information content (AvgIpc) is 2.94. The van der Waals surface area contributed by atoms with Crippen molar-refractivity contribution in [2.45, 2.75) is 9.79 Å². The lowest BCUT2D eigenvalue weighted by Crippen LogP contribution is -2.32. The molecule has 0 unspecified atom stereocenters. The Morgan fingerprint density at radius 3 is 2.05 bits per heavy atom. The molecule has 0 bridgehead atoms. The third-order valence-corrected chi connectivity index (χ3v) is 7.25. The normalized spacial score (nSPS) is 11.8. The van der Waals surface area contributed by atoms with Crippen molar-refractivity contribution in [3.05, 3.63) is 123 Å². The van der Waals surface area contributed by atoms with Gasteiger partial charge < -0.3 is 4.74 Å². The molecule has 1 aliphatic rings. The van der Waals surface area contributed by atoms with Crippen LogP contribution in [0.25, 0.3) is 0 Å². The average molecular weight is 545 g/mol. The molecule has 0 aliphatic carbocycles. The summed E-state index contributed by atoms with van der Waals surface area (Å²) >= 11 is 7.40. The molecule has 0 atom stereocenters. The van der Waals surface area contributed by atoms with Gasteiger partial charge in [-0.25, -0.2) is 4.79 Å². The van der Waals surface area contributed by atoms with Gasteiger partial charge in [0.2, 0.25) is 0 Å². The van der Waals surface area contributed by atoms with E-state index in [1.807, 2.05) is 48.5 Å². The Morgan fingerprint density at radius 1 is 0.842 bits per heavy atom. The van der Waals surface area contributed by atoms with Crippen LogP contribution in [-0.2, 0) is 9.53 Å². The van der Waals surface area contributed by atoms with E-state index in [4.69, 9.17) is 16.3 Å². The van der Waals surface area contributed by atoms with Crippen molar-refractivity contribution >= 4 is 58.1 Å². The molecule has 0 saturated heterocycles. The van der Waals surface area contributed by atoms with Gasteiger partial charge in [0.1, 0.15) is 5.02 Å². The summed E-state index contributed by atoms with van der Waals surface area (Å²) in [7, 11) is 0. The molecule has 0 spiro atoms. The second kappa shape index (κ2) is 10.5. The Kier molecular flexibility index (Phi) is 6.95. The summed E-state index contributed by atoms with van der Waals surface area (Å²) in [6.45, 7) is -0.568. The highest BCUT2D eigenvalue weighted by molar-refractivity contribution is 7.99. The molecule has 10 heteroatoms. The Balaban J connectivity index is 1.38. The van der Waals surface area contributed by atoms with Crippen LogP contribution in [-0.4, -0.2) is 29.2 Å². The van der Waals surface area contributed by atoms with Gasteiger partial charge in [0.25, 0.3) is 11.6 Å². The Labute approximate surface area is 225 Å². The van der Waals surface area contributed by atoms with Gasteiger partial charge in [0, 0.05) is 27.0 Å². The van der Waals surface area contributed by atoms with Crippen LogP contribution in [0.3, 0.4) is 0 Å². The summed E-state index contributed by atoms with van der Waals surface area (Å²) < 4.78 is 5.36. The van der Waals surface area contributed by atoms with Crippen LogP contribution in [0.5, 0.6) is 0 Å². The molecule has 1 heterocycles. The van der Waals surface area contributed by atoms with Crippen molar-refractivity contribution in [3.8, 4) is 0 Å². The van der Waals surface area contributed by atoms with Gasteiger partial charge in [0.05, 0.1) is 21.9 Å². The Morgan fingerprint density at radius 2 is 1.42 bits per heavy atom. The van der Waals surface area contributed by atoms with Gasteiger partial charge in [-0.05, 0) is 42.5 Å². The van der Waals surface area contributed by atoms with Crippen molar-refractivity contribution in [1.82, 2.24) is 0 Å². The van der Waals surface area contributed by atoms with E-state index >= 15 is 0 Å². The first-order valence-electron chi connectivity index (χ1n) is 11.3. The van der Waals surface area contributed by atoms with Crippen LogP contribution in [0.1, 0.15) is 26.3 Å². The molecular formula is C28H17ClN2O6S. The molecule has 0 N–H and O–H groups in total. The topological polar surface area (TPSA) is 107 Å². The standard InChI is InChI=1S/C28H17ClN2O6S/c29-20-14-13-17(15-23(20)31(35)36)27(33)18-7-1-2-8-19(18)28(34)37-16-26(32)30-21-9-3-5-11-24(21)38-25-12-6-4-10-22(25)30/h1-15H,16H2. The van der Waals surface area contributed by atoms with Crippen molar-refractivity contribution in [1.29, 1.82) is 0 Å². The maximum absolute atomic E-state index is 13.3. The number of halogens is 1. The highest BCUT2D eigenvalue weighted by atomic mass is 35.5. The van der Waals surface area contributed by atoms with Gasteiger partial charge in [0.15, 0.2) is 12.4 Å². The number of rotatable bonds is 6. The number of nitro benzene ring substituents is 1. The second-order valence-corrected chi connectivity index (χ2v) is 9.63. The molecule has 8 nitrogen and oxygen atoms in total. The van der Waals surface area contributed by atoms with Gasteiger partial charge >= 0.3 is 5.97 Å². The molecule has 38 heavy (non-hydrogen) atoms. The van der Waals surface area contributed by atoms with Crippen LogP contribution in [0.15, 0.2) is 101 Å². The molecule has 0 saturated carbocycles. The molecule has 0 aromatic heterocycles. The maximum atomic E-state index is 13.3. The number of para-hydroxylation sites is 2. The zero-order valence-corrected chi connectivity index (χ0v) is 21.1. The summed E-state index contributed by atoms with van der Waals surface area (Å²) in [6.07, 6.45) is 0. The fourth-order valence-electron chi connectivity index (χ4n) is 4.05. The number of hydrogen-bond acceptors (Lipinski definition) is 7. The van der Waals surface area contributed by atoms with E-state index in [1.54, 1.807) is 23.9 Å². The van der Waals surface area contributed by atoms with Gasteiger partial charge in [-0.15, -0.1) is 0 Å². The van der Waals surface area contributed by atoms with Crippen molar-refractivity contribution in [2.75, 3.05) is 11.5 Å². The van der Waals surface area contributed by atoms with Gasteiger partial charge in [-0.3, -0.25) is 24.6 Å². The molecule has 4 aromatic rings. The smallest absolute Gasteiger partial charge is 0.339 e. The number of carbonyl (C=O) groups is 3. The molecule has 4 aromatic carbocycles. The zero-order valence-electron chi connectivity index (χ0n) is 19.5. The number of benzene rings is 4. The predicted molar refractivity (Wildman–Crippen MR) is 142 cm³/mol. The number of carbonyl (C=O) groups excluding carboxylic acids is 3. The highest BCUT2D eigenvalue weighted by Crippen LogP contribution is 2.47. The number of amides is 1. The van der Waals surface area contributed by atoms with Crippen LogP contribution >= 0.6 is 23.4 Å². The maximum Gasteiger partial charge on any atom is 0.339 e. The molecular weight excluding hydrogens is 528 g/mol. The quantitative estimate of drug-likeness (QED) is 0.118. The number of nitrogens with zero attached hydrogens (tertiary/aromatic N) is 2. The van der Waals surface area contributed by atoms with E-state index in [-0.39, 0.29) is 21.7 Å². The number of nitro groups is 1. The molecule has 0 radical (unpaired) electrons. The summed E-state index contributed by atoms with van der Waals surface area (Å²) in [6, 6.07) is 24.4. The van der Waals surface area contributed by atoms with E-state index in [1.165, 1.54) is 29.2 Å². The number of ketones is 1. The predicted octanol–water partition coefficient (Wildman–Crippen LogP) is 6.47. The van der Waals surface area contributed by atoms with Crippen LogP contribution in [0.4, 0.5) is 17.1 Å². The minimum absolute atomic E-state index is 0.0172. The van der Waals surface area contributed by atoms with E-state index in [2.05, 4.69) is 0 Å². The van der Waals surface area contributed by atoms with E-state index < -0.39 is 34.9 Å². The van der Waals surface area contributed by atoms with Crippen molar-refractivity contribution in [3.63, 3.8) is 0 Å². The lowest BCUT2D eigenvalue weighted by Gasteiger charge is -2.30. The third-order valence-electron chi connectivity index (χ3n) is 5.80. The zero-order chi connectivity index (χ0) is 26.8. The van der Waals surface area contributed by atoms with Crippen molar-refractivity contribution < 1.29 is 24.0 Å². The second-order valence-electron chi connectivity index (χ2n) is 8.14. The first-order chi connectivity index (χ1) is 18.3. The SMILES string of the molecule is O=C(OCC(=O)N1c2ccccc2Sc2ccccc21)c1ccccc1C(=O)c1ccc(Cl)c([N+](=O)[O-])c1. The van der Waals surface area contributed by atoms with E-state index in [0.29, 0.717) is 11.4 Å². The molecule has 188 valence electrons. The summed E-state index contributed by atoms with van der Waals surface area (Å²) in [5, 5.41) is 11.1. The lowest BCUT2D eigenvalue weighted by molar-refractivity contribution is -0.384. The molecule has 0 fully saturated rings. The summed E-state index contributed by atoms with van der Waals surface area (Å²) in [5.74, 6) is -1.96. The molecule has 1 amide bonds. The van der Waals surface area contributed by atoms with Gasteiger partial charge in [-0.2, -0.15) is 0 Å². The first kappa shape index (κ1) is 25.2. The third kappa shape index (κ3) is 4.77. The summed E-state index contributed by atoms with van der Waals surface area (Å²) in [4.78, 5) is 53.4. The fraction of sp³-hybridized carbons (Fsp3) is 0.0357. The molecule has 1 aliphatic heterocycles. The largest absolute Gasteiger partial charge is 0.452 e. The molecule has 5 rings (SSSR count). The first-order valence-corrected chi connectivity index (χ1v) is 12.5. The van der Waals surface area contributed by atoms with E-state index in [9.17, 15) is 24.5 Å². The fourth-order valence-corrected chi connectivity index (χ4v) is 5.30. The number of anilines is 2. The number of hydrogen-bond donors (Lipinski definition) is 0. The van der Waals surface area contributed by atoms with Crippen LogP contribution in [0, 0.1) is 10.1 Å². The summed E-state index contributed by atoms with van der Waals surface area (Å²) in [5.41, 5.74) is 0.818. The highest BCUT2D eigenvalue weighted by Gasteiger charge is 2.29. The van der Waals surface area contributed by atoms with Gasteiger partial charge in [-0.1, -0.05) is 65.8 Å². The lowest BCUT2D eigenvalue weighted by atomic mass is 9.98. The van der Waals surface area contributed by atoms with Crippen LogP contribution in [0.2, 0.25) is 5.02 Å². The van der Waals surface area contributed by atoms with Crippen LogP contribution < -0.4 is 4.90 Å². The minimum atomic E-state index is -0.876.